The van der Waals surface area contributed by atoms with Crippen molar-refractivity contribution in [2.24, 2.45) is 0 Å². The summed E-state index contributed by atoms with van der Waals surface area (Å²) in [6, 6.07) is 10.9. The summed E-state index contributed by atoms with van der Waals surface area (Å²) in [6.45, 7) is 0.240. The van der Waals surface area contributed by atoms with Crippen LogP contribution in [-0.2, 0) is 16.2 Å². The standard InChI is InChI=1S/C21H20F3N3O4S/c1-30-17-8-2-5-14(11-17)19-25-20(31-26-19)15-6-4-10-27(13-15)32(28,29)18-9-3-7-16(12-18)21(22,23)24/h2-3,5,7-9,11-12,15H,4,6,10,13H2,1H3/t15-/m0/s1. The molecule has 0 aliphatic carbocycles. The molecule has 11 heteroatoms. The molecule has 1 fully saturated rings. The number of piperidine rings is 1. The van der Waals surface area contributed by atoms with Crippen LogP contribution in [0.1, 0.15) is 30.2 Å². The minimum absolute atomic E-state index is 0.0400. The summed E-state index contributed by atoms with van der Waals surface area (Å²) in [4.78, 5) is 4.02. The lowest BCUT2D eigenvalue weighted by molar-refractivity contribution is -0.137. The Morgan fingerprint density at radius 2 is 1.94 bits per heavy atom. The molecule has 1 aromatic heterocycles. The van der Waals surface area contributed by atoms with Crippen LogP contribution in [0.4, 0.5) is 13.2 Å². The molecule has 1 aliphatic rings. The molecule has 1 aliphatic heterocycles. The number of halogens is 3. The van der Waals surface area contributed by atoms with Crippen molar-refractivity contribution in [1.29, 1.82) is 0 Å². The number of hydrogen-bond acceptors (Lipinski definition) is 6. The quantitative estimate of drug-likeness (QED) is 0.555. The van der Waals surface area contributed by atoms with Crippen LogP contribution in [0.5, 0.6) is 5.75 Å². The van der Waals surface area contributed by atoms with Gasteiger partial charge in [-0.3, -0.25) is 0 Å². The molecule has 0 radical (unpaired) electrons. The van der Waals surface area contributed by atoms with Crippen molar-refractivity contribution in [1.82, 2.24) is 14.4 Å². The third-order valence-corrected chi connectivity index (χ3v) is 7.16. The zero-order valence-corrected chi connectivity index (χ0v) is 17.9. The Morgan fingerprint density at radius 3 is 2.69 bits per heavy atom. The Kier molecular flexibility index (Phi) is 5.95. The van der Waals surface area contributed by atoms with Crippen LogP contribution in [0.15, 0.2) is 57.9 Å². The molecule has 0 amide bonds. The van der Waals surface area contributed by atoms with Crippen LogP contribution in [0, 0.1) is 0 Å². The normalized spacial score (nSPS) is 17.9. The molecule has 0 unspecified atom stereocenters. The Bertz CT molecular complexity index is 1210. The Morgan fingerprint density at radius 1 is 1.16 bits per heavy atom. The third-order valence-electron chi connectivity index (χ3n) is 5.30. The van der Waals surface area contributed by atoms with E-state index < -0.39 is 26.7 Å². The highest BCUT2D eigenvalue weighted by atomic mass is 32.2. The maximum absolute atomic E-state index is 13.0. The van der Waals surface area contributed by atoms with Gasteiger partial charge in [-0.15, -0.1) is 0 Å². The van der Waals surface area contributed by atoms with E-state index in [-0.39, 0.29) is 24.9 Å². The van der Waals surface area contributed by atoms with E-state index >= 15 is 0 Å². The fourth-order valence-electron chi connectivity index (χ4n) is 3.62. The second-order valence-electron chi connectivity index (χ2n) is 7.42. The maximum Gasteiger partial charge on any atom is 0.416 e. The van der Waals surface area contributed by atoms with Crippen molar-refractivity contribution >= 4 is 10.0 Å². The largest absolute Gasteiger partial charge is 0.497 e. The van der Waals surface area contributed by atoms with Gasteiger partial charge in [0.25, 0.3) is 0 Å². The van der Waals surface area contributed by atoms with E-state index in [9.17, 15) is 21.6 Å². The van der Waals surface area contributed by atoms with Crippen LogP contribution >= 0.6 is 0 Å². The van der Waals surface area contributed by atoms with Crippen LogP contribution in [0.3, 0.4) is 0 Å². The second-order valence-corrected chi connectivity index (χ2v) is 9.35. The van der Waals surface area contributed by atoms with E-state index in [0.29, 0.717) is 36.0 Å². The number of rotatable bonds is 5. The molecule has 0 bridgehead atoms. The van der Waals surface area contributed by atoms with Gasteiger partial charge in [-0.25, -0.2) is 8.42 Å². The average molecular weight is 467 g/mol. The highest BCUT2D eigenvalue weighted by Crippen LogP contribution is 2.34. The fourth-order valence-corrected chi connectivity index (χ4v) is 5.19. The zero-order valence-electron chi connectivity index (χ0n) is 17.0. The van der Waals surface area contributed by atoms with E-state index in [1.807, 2.05) is 0 Å². The molecule has 4 rings (SSSR count). The van der Waals surface area contributed by atoms with E-state index in [1.165, 1.54) is 10.4 Å². The molecule has 170 valence electrons. The first-order valence-corrected chi connectivity index (χ1v) is 11.3. The minimum Gasteiger partial charge on any atom is -0.497 e. The van der Waals surface area contributed by atoms with Crippen LogP contribution < -0.4 is 4.74 Å². The lowest BCUT2D eigenvalue weighted by atomic mass is 10.00. The summed E-state index contributed by atoms with van der Waals surface area (Å²) in [6.07, 6.45) is -3.50. The van der Waals surface area contributed by atoms with Gasteiger partial charge in [0.05, 0.1) is 23.5 Å². The minimum atomic E-state index is -4.63. The molecule has 32 heavy (non-hydrogen) atoms. The molecular weight excluding hydrogens is 447 g/mol. The summed E-state index contributed by atoms with van der Waals surface area (Å²) in [7, 11) is -2.57. The van der Waals surface area contributed by atoms with Crippen molar-refractivity contribution in [3.8, 4) is 17.1 Å². The summed E-state index contributed by atoms with van der Waals surface area (Å²) >= 11 is 0. The topological polar surface area (TPSA) is 85.5 Å². The number of aromatic nitrogens is 2. The van der Waals surface area contributed by atoms with Crippen molar-refractivity contribution in [3.63, 3.8) is 0 Å². The number of alkyl halides is 3. The first-order valence-electron chi connectivity index (χ1n) is 9.84. The maximum atomic E-state index is 13.0. The van der Waals surface area contributed by atoms with Gasteiger partial charge in [-0.1, -0.05) is 23.4 Å². The third kappa shape index (κ3) is 4.49. The molecule has 1 saturated heterocycles. The summed E-state index contributed by atoms with van der Waals surface area (Å²) in [5.74, 6) is 0.893. The van der Waals surface area contributed by atoms with Crippen LogP contribution in [0.2, 0.25) is 0 Å². The molecule has 2 aromatic carbocycles. The van der Waals surface area contributed by atoms with Gasteiger partial charge >= 0.3 is 6.18 Å². The zero-order chi connectivity index (χ0) is 22.9. The first kappa shape index (κ1) is 22.3. The SMILES string of the molecule is COc1cccc(-c2noc([C@H]3CCCN(S(=O)(=O)c4cccc(C(F)(F)F)c4)C3)n2)c1. The molecular formula is C21H20F3N3O4S. The van der Waals surface area contributed by atoms with Gasteiger partial charge in [-0.2, -0.15) is 22.5 Å². The van der Waals surface area contributed by atoms with Crippen molar-refractivity contribution in [2.75, 3.05) is 20.2 Å². The molecule has 2 heterocycles. The Labute approximate surface area is 182 Å². The van der Waals surface area contributed by atoms with Gasteiger partial charge in [-0.05, 0) is 43.2 Å². The fraction of sp³-hybridized carbons (Fsp3) is 0.333. The molecule has 0 spiro atoms. The van der Waals surface area contributed by atoms with Crippen molar-refractivity contribution in [3.05, 3.63) is 60.0 Å². The summed E-state index contributed by atoms with van der Waals surface area (Å²) < 4.78 is 76.9. The van der Waals surface area contributed by atoms with Crippen molar-refractivity contribution < 1.29 is 30.8 Å². The molecule has 3 aromatic rings. The highest BCUT2D eigenvalue weighted by molar-refractivity contribution is 7.89. The number of benzene rings is 2. The lowest BCUT2D eigenvalue weighted by Gasteiger charge is -2.30. The summed E-state index contributed by atoms with van der Waals surface area (Å²) in [5, 5.41) is 3.99. The number of methoxy groups -OCH3 is 1. The monoisotopic (exact) mass is 467 g/mol. The summed E-state index contributed by atoms with van der Waals surface area (Å²) in [5.41, 5.74) is -0.324. The number of sulfonamides is 1. The number of ether oxygens (including phenoxy) is 1. The van der Waals surface area contributed by atoms with Crippen molar-refractivity contribution in [2.45, 2.75) is 29.8 Å². The van der Waals surface area contributed by atoms with E-state index in [0.717, 1.165) is 12.1 Å². The predicted octanol–water partition coefficient (Wildman–Crippen LogP) is 4.33. The second kappa shape index (κ2) is 8.55. The Hall–Kier alpha value is -2.92. The molecule has 7 nitrogen and oxygen atoms in total. The van der Waals surface area contributed by atoms with Gasteiger partial charge in [0.15, 0.2) is 0 Å². The molecule has 1 atom stereocenters. The van der Waals surface area contributed by atoms with Crippen LogP contribution in [-0.4, -0.2) is 43.1 Å². The molecule has 0 saturated carbocycles. The van der Waals surface area contributed by atoms with Gasteiger partial charge in [0.1, 0.15) is 5.75 Å². The predicted molar refractivity (Wildman–Crippen MR) is 108 cm³/mol. The lowest BCUT2D eigenvalue weighted by Crippen LogP contribution is -2.39. The average Bonchev–Trinajstić information content (AvgIpc) is 3.29. The van der Waals surface area contributed by atoms with E-state index in [4.69, 9.17) is 9.26 Å². The van der Waals surface area contributed by atoms with E-state index in [2.05, 4.69) is 10.1 Å². The van der Waals surface area contributed by atoms with Gasteiger partial charge < -0.3 is 9.26 Å². The van der Waals surface area contributed by atoms with Gasteiger partial charge in [0.2, 0.25) is 21.7 Å². The highest BCUT2D eigenvalue weighted by Gasteiger charge is 2.36. The smallest absolute Gasteiger partial charge is 0.416 e. The van der Waals surface area contributed by atoms with E-state index in [1.54, 1.807) is 31.4 Å². The number of hydrogen-bond donors (Lipinski definition) is 0. The van der Waals surface area contributed by atoms with Gasteiger partial charge in [0, 0.05) is 18.7 Å². The Balaban J connectivity index is 1.56. The number of nitrogens with zero attached hydrogens (tertiary/aromatic N) is 3. The first-order chi connectivity index (χ1) is 15.2. The molecule has 0 N–H and O–H groups in total. The van der Waals surface area contributed by atoms with Crippen LogP contribution in [0.25, 0.3) is 11.4 Å².